The van der Waals surface area contributed by atoms with Crippen molar-refractivity contribution in [2.24, 2.45) is 17.8 Å². The van der Waals surface area contributed by atoms with Gasteiger partial charge in [0, 0.05) is 12.1 Å². The highest BCUT2D eigenvalue weighted by Gasteiger charge is 2.38. The molecule has 0 heterocycles. The van der Waals surface area contributed by atoms with Crippen LogP contribution in [0.25, 0.3) is 0 Å². The SMILES string of the molecule is FC(F)c1ccc(CNCC2CC3CCC2C3)cc1. The monoisotopic (exact) mass is 265 g/mol. The van der Waals surface area contributed by atoms with Gasteiger partial charge in [0.25, 0.3) is 6.43 Å². The number of nitrogens with one attached hydrogen (secondary N) is 1. The summed E-state index contributed by atoms with van der Waals surface area (Å²) in [6, 6.07) is 6.66. The highest BCUT2D eigenvalue weighted by Crippen LogP contribution is 2.47. The van der Waals surface area contributed by atoms with Gasteiger partial charge in [0.15, 0.2) is 0 Å². The van der Waals surface area contributed by atoms with Crippen LogP contribution in [0, 0.1) is 17.8 Å². The summed E-state index contributed by atoms with van der Waals surface area (Å²) in [5.74, 6) is 2.78. The number of halogens is 2. The Labute approximate surface area is 113 Å². The molecule has 0 radical (unpaired) electrons. The van der Waals surface area contributed by atoms with E-state index in [1.807, 2.05) is 0 Å². The molecule has 1 N–H and O–H groups in total. The lowest BCUT2D eigenvalue weighted by molar-refractivity contribution is 0.151. The third kappa shape index (κ3) is 2.97. The minimum absolute atomic E-state index is 0.108. The third-order valence-electron chi connectivity index (χ3n) is 4.85. The minimum atomic E-state index is -2.36. The van der Waals surface area contributed by atoms with Crippen LogP contribution in [0.1, 0.15) is 43.2 Å². The molecule has 2 aliphatic carbocycles. The van der Waals surface area contributed by atoms with E-state index in [-0.39, 0.29) is 5.56 Å². The van der Waals surface area contributed by atoms with Crippen molar-refractivity contribution in [2.45, 2.75) is 38.7 Å². The molecule has 1 aromatic carbocycles. The average Bonchev–Trinajstić information content (AvgIpc) is 3.02. The highest BCUT2D eigenvalue weighted by molar-refractivity contribution is 5.23. The maximum Gasteiger partial charge on any atom is 0.263 e. The molecule has 3 rings (SSSR count). The first kappa shape index (κ1) is 13.0. The van der Waals surface area contributed by atoms with Crippen LogP contribution in [0.4, 0.5) is 8.78 Å². The molecule has 3 unspecified atom stereocenters. The Morgan fingerprint density at radius 3 is 2.47 bits per heavy atom. The van der Waals surface area contributed by atoms with E-state index >= 15 is 0 Å². The van der Waals surface area contributed by atoms with E-state index in [1.165, 1.54) is 37.8 Å². The van der Waals surface area contributed by atoms with Crippen LogP contribution in [0.3, 0.4) is 0 Å². The van der Waals surface area contributed by atoms with Crippen molar-refractivity contribution in [2.75, 3.05) is 6.54 Å². The van der Waals surface area contributed by atoms with Crippen LogP contribution in [0.15, 0.2) is 24.3 Å². The number of fused-ring (bicyclic) bond motifs is 2. The fourth-order valence-corrected chi connectivity index (χ4v) is 3.81. The molecule has 0 saturated heterocycles. The van der Waals surface area contributed by atoms with Gasteiger partial charge in [-0.15, -0.1) is 0 Å². The number of hydrogen-bond acceptors (Lipinski definition) is 1. The number of alkyl halides is 2. The summed E-state index contributed by atoms with van der Waals surface area (Å²) in [6.45, 7) is 1.87. The van der Waals surface area contributed by atoms with Gasteiger partial charge in [-0.25, -0.2) is 8.78 Å². The topological polar surface area (TPSA) is 12.0 Å². The molecule has 2 aliphatic rings. The van der Waals surface area contributed by atoms with E-state index in [9.17, 15) is 8.78 Å². The standard InChI is InChI=1S/C16H21F2N/c17-16(18)13-4-1-11(2-5-13)9-19-10-15-8-12-3-6-14(15)7-12/h1-2,4-5,12,14-16,19H,3,6-10H2. The molecule has 3 heteroatoms. The third-order valence-corrected chi connectivity index (χ3v) is 4.85. The van der Waals surface area contributed by atoms with Gasteiger partial charge in [0.1, 0.15) is 0 Å². The predicted molar refractivity (Wildman–Crippen MR) is 72.0 cm³/mol. The van der Waals surface area contributed by atoms with Crippen molar-refractivity contribution >= 4 is 0 Å². The second kappa shape index (κ2) is 5.58. The Morgan fingerprint density at radius 1 is 1.11 bits per heavy atom. The van der Waals surface area contributed by atoms with Crippen molar-refractivity contribution in [3.8, 4) is 0 Å². The minimum Gasteiger partial charge on any atom is -0.312 e. The van der Waals surface area contributed by atoms with Gasteiger partial charge < -0.3 is 5.32 Å². The molecule has 1 aromatic rings. The van der Waals surface area contributed by atoms with Crippen molar-refractivity contribution in [1.29, 1.82) is 0 Å². The van der Waals surface area contributed by atoms with Crippen molar-refractivity contribution in [3.63, 3.8) is 0 Å². The van der Waals surface area contributed by atoms with Crippen LogP contribution >= 0.6 is 0 Å². The summed E-state index contributed by atoms with van der Waals surface area (Å²) >= 11 is 0. The van der Waals surface area contributed by atoms with Gasteiger partial charge in [-0.05, 0) is 49.1 Å². The predicted octanol–water partition coefficient (Wildman–Crippen LogP) is 4.15. The fraction of sp³-hybridized carbons (Fsp3) is 0.625. The van der Waals surface area contributed by atoms with E-state index in [4.69, 9.17) is 0 Å². The smallest absolute Gasteiger partial charge is 0.263 e. The van der Waals surface area contributed by atoms with Gasteiger partial charge >= 0.3 is 0 Å². The molecule has 19 heavy (non-hydrogen) atoms. The van der Waals surface area contributed by atoms with Crippen LogP contribution in [0.5, 0.6) is 0 Å². The largest absolute Gasteiger partial charge is 0.312 e. The average molecular weight is 265 g/mol. The van der Waals surface area contributed by atoms with E-state index in [0.717, 1.165) is 36.4 Å². The Hall–Kier alpha value is -0.960. The summed E-state index contributed by atoms with van der Waals surface area (Å²) < 4.78 is 24.9. The zero-order valence-corrected chi connectivity index (χ0v) is 11.1. The molecule has 2 fully saturated rings. The second-order valence-corrected chi connectivity index (χ2v) is 6.11. The Morgan fingerprint density at radius 2 is 1.89 bits per heavy atom. The number of rotatable bonds is 5. The van der Waals surface area contributed by atoms with Gasteiger partial charge in [0.2, 0.25) is 0 Å². The fourth-order valence-electron chi connectivity index (χ4n) is 3.81. The molecule has 0 aromatic heterocycles. The Kier molecular flexibility index (Phi) is 3.83. The number of hydrogen-bond donors (Lipinski definition) is 1. The van der Waals surface area contributed by atoms with Gasteiger partial charge in [0.05, 0.1) is 0 Å². The van der Waals surface area contributed by atoms with E-state index in [2.05, 4.69) is 5.32 Å². The summed E-state index contributed by atoms with van der Waals surface area (Å²) in [5.41, 5.74) is 1.20. The quantitative estimate of drug-likeness (QED) is 0.843. The lowest BCUT2D eigenvalue weighted by Crippen LogP contribution is -2.26. The zero-order valence-electron chi connectivity index (χ0n) is 11.1. The van der Waals surface area contributed by atoms with Gasteiger partial charge in [-0.2, -0.15) is 0 Å². The van der Waals surface area contributed by atoms with E-state index in [0.29, 0.717) is 0 Å². The highest BCUT2D eigenvalue weighted by atomic mass is 19.3. The molecular weight excluding hydrogens is 244 g/mol. The van der Waals surface area contributed by atoms with Crippen LogP contribution < -0.4 is 5.32 Å². The van der Waals surface area contributed by atoms with Crippen molar-refractivity contribution < 1.29 is 8.78 Å². The molecule has 2 saturated carbocycles. The summed E-state index contributed by atoms with van der Waals surface area (Å²) in [6.07, 6.45) is 3.32. The Balaban J connectivity index is 1.45. The summed E-state index contributed by atoms with van der Waals surface area (Å²) in [5, 5.41) is 3.49. The number of benzene rings is 1. The maximum absolute atomic E-state index is 12.4. The normalized spacial score (nSPS) is 29.3. The first-order valence-electron chi connectivity index (χ1n) is 7.30. The van der Waals surface area contributed by atoms with Crippen molar-refractivity contribution in [1.82, 2.24) is 5.32 Å². The summed E-state index contributed by atoms with van der Waals surface area (Å²) in [4.78, 5) is 0. The van der Waals surface area contributed by atoms with E-state index < -0.39 is 6.43 Å². The molecular formula is C16H21F2N. The Bertz CT molecular complexity index is 415. The molecule has 2 bridgehead atoms. The molecule has 0 aliphatic heterocycles. The summed E-state index contributed by atoms with van der Waals surface area (Å²) in [7, 11) is 0. The van der Waals surface area contributed by atoms with E-state index in [1.54, 1.807) is 12.1 Å². The van der Waals surface area contributed by atoms with Crippen molar-refractivity contribution in [3.05, 3.63) is 35.4 Å². The first-order chi connectivity index (χ1) is 9.22. The second-order valence-electron chi connectivity index (χ2n) is 6.11. The maximum atomic E-state index is 12.4. The zero-order chi connectivity index (χ0) is 13.2. The lowest BCUT2D eigenvalue weighted by Gasteiger charge is -2.21. The van der Waals surface area contributed by atoms with Gasteiger partial charge in [-0.3, -0.25) is 0 Å². The van der Waals surface area contributed by atoms with Gasteiger partial charge in [-0.1, -0.05) is 30.7 Å². The molecule has 0 amide bonds. The van der Waals surface area contributed by atoms with Crippen LogP contribution in [0.2, 0.25) is 0 Å². The van der Waals surface area contributed by atoms with Crippen LogP contribution in [-0.4, -0.2) is 6.54 Å². The molecule has 3 atom stereocenters. The molecule has 0 spiro atoms. The molecule has 104 valence electrons. The first-order valence-corrected chi connectivity index (χ1v) is 7.30. The molecule has 1 nitrogen and oxygen atoms in total. The van der Waals surface area contributed by atoms with Crippen LogP contribution in [-0.2, 0) is 6.54 Å². The lowest BCUT2D eigenvalue weighted by atomic mass is 9.89.